The van der Waals surface area contributed by atoms with Crippen LogP contribution in [0, 0.1) is 6.92 Å². The molecule has 1 rings (SSSR count). The molecule has 0 aliphatic rings. The zero-order valence-electron chi connectivity index (χ0n) is 11.2. The van der Waals surface area contributed by atoms with Gasteiger partial charge in [0.1, 0.15) is 11.8 Å². The second kappa shape index (κ2) is 5.71. The van der Waals surface area contributed by atoms with E-state index in [9.17, 15) is 14.7 Å². The van der Waals surface area contributed by atoms with Crippen LogP contribution in [0.5, 0.6) is 5.75 Å². The third kappa shape index (κ3) is 3.23. The van der Waals surface area contributed by atoms with Crippen molar-refractivity contribution in [3.05, 3.63) is 28.8 Å². The Balaban J connectivity index is 3.21. The van der Waals surface area contributed by atoms with Crippen LogP contribution in [0.4, 0.5) is 0 Å². The minimum atomic E-state index is -1.10. The topological polar surface area (TPSA) is 104 Å². The molecule has 1 amide bonds. The highest BCUT2D eigenvalue weighted by Crippen LogP contribution is 2.25. The van der Waals surface area contributed by atoms with Gasteiger partial charge in [-0.2, -0.15) is 0 Å². The van der Waals surface area contributed by atoms with Gasteiger partial charge in [-0.1, -0.05) is 6.07 Å². The zero-order chi connectivity index (χ0) is 14.7. The van der Waals surface area contributed by atoms with Crippen LogP contribution in [-0.4, -0.2) is 47.1 Å². The molecule has 1 unspecified atom stereocenters. The molecular formula is C13H18N2O4. The van der Waals surface area contributed by atoms with E-state index in [4.69, 9.17) is 10.8 Å². The van der Waals surface area contributed by atoms with Crippen molar-refractivity contribution in [3.8, 4) is 5.75 Å². The van der Waals surface area contributed by atoms with Gasteiger partial charge in [-0.15, -0.1) is 0 Å². The molecule has 0 radical (unpaired) electrons. The molecule has 0 aromatic heterocycles. The number of hydrogen-bond donors (Lipinski definition) is 3. The Bertz CT molecular complexity index is 512. The number of nitrogens with zero attached hydrogens (tertiary/aromatic N) is 1. The molecule has 0 bridgehead atoms. The Morgan fingerprint density at radius 2 is 1.95 bits per heavy atom. The van der Waals surface area contributed by atoms with Crippen LogP contribution in [0.1, 0.15) is 21.5 Å². The first kappa shape index (κ1) is 15.0. The second-order valence-corrected chi connectivity index (χ2v) is 4.59. The summed E-state index contributed by atoms with van der Waals surface area (Å²) in [4.78, 5) is 24.1. The fourth-order valence-electron chi connectivity index (χ4n) is 1.78. The number of carboxylic acid groups (broad SMARTS) is 1. The lowest BCUT2D eigenvalue weighted by atomic mass is 9.96. The minimum Gasteiger partial charge on any atom is -0.507 e. The highest BCUT2D eigenvalue weighted by molar-refractivity contribution is 5.98. The van der Waals surface area contributed by atoms with E-state index < -0.39 is 12.0 Å². The van der Waals surface area contributed by atoms with Crippen molar-refractivity contribution in [2.45, 2.75) is 19.4 Å². The van der Waals surface area contributed by atoms with Crippen molar-refractivity contribution < 1.29 is 19.8 Å². The van der Waals surface area contributed by atoms with Gasteiger partial charge in [-0.3, -0.25) is 9.59 Å². The summed E-state index contributed by atoms with van der Waals surface area (Å²) in [6, 6.07) is 1.93. The van der Waals surface area contributed by atoms with Crippen molar-refractivity contribution in [2.24, 2.45) is 5.73 Å². The van der Waals surface area contributed by atoms with E-state index in [1.54, 1.807) is 27.1 Å². The average Bonchev–Trinajstić information content (AvgIpc) is 2.32. The SMILES string of the molecule is Cc1c(CC(N)C(=O)O)ccc(O)c1C(=O)N(C)C. The van der Waals surface area contributed by atoms with Gasteiger partial charge in [0.25, 0.3) is 5.91 Å². The van der Waals surface area contributed by atoms with E-state index in [2.05, 4.69) is 0 Å². The monoisotopic (exact) mass is 266 g/mol. The number of rotatable bonds is 4. The lowest BCUT2D eigenvalue weighted by Gasteiger charge is -2.17. The first-order valence-electron chi connectivity index (χ1n) is 5.77. The van der Waals surface area contributed by atoms with Gasteiger partial charge < -0.3 is 20.8 Å². The average molecular weight is 266 g/mol. The van der Waals surface area contributed by atoms with Crippen LogP contribution >= 0.6 is 0 Å². The molecule has 0 aliphatic heterocycles. The summed E-state index contributed by atoms with van der Waals surface area (Å²) in [5.74, 6) is -1.56. The van der Waals surface area contributed by atoms with Crippen molar-refractivity contribution in [2.75, 3.05) is 14.1 Å². The third-order valence-electron chi connectivity index (χ3n) is 2.93. The van der Waals surface area contributed by atoms with Crippen LogP contribution in [0.2, 0.25) is 0 Å². The van der Waals surface area contributed by atoms with E-state index in [1.165, 1.54) is 11.0 Å². The number of aliphatic carboxylic acids is 1. The minimum absolute atomic E-state index is 0.106. The lowest BCUT2D eigenvalue weighted by molar-refractivity contribution is -0.138. The third-order valence-corrected chi connectivity index (χ3v) is 2.93. The molecule has 0 heterocycles. The summed E-state index contributed by atoms with van der Waals surface area (Å²) in [7, 11) is 3.16. The Hall–Kier alpha value is -2.08. The molecule has 1 atom stereocenters. The molecular weight excluding hydrogens is 248 g/mol. The maximum atomic E-state index is 12.0. The molecule has 4 N–H and O–H groups in total. The van der Waals surface area contributed by atoms with Crippen LogP contribution in [0.15, 0.2) is 12.1 Å². The summed E-state index contributed by atoms with van der Waals surface area (Å²) >= 11 is 0. The summed E-state index contributed by atoms with van der Waals surface area (Å²) in [5.41, 5.74) is 6.85. The van der Waals surface area contributed by atoms with Gasteiger partial charge in [-0.05, 0) is 30.5 Å². The van der Waals surface area contributed by atoms with Crippen LogP contribution < -0.4 is 5.73 Å². The summed E-state index contributed by atoms with van der Waals surface area (Å²) in [5, 5.41) is 18.6. The quantitative estimate of drug-likeness (QED) is 0.729. The smallest absolute Gasteiger partial charge is 0.320 e. The Morgan fingerprint density at radius 3 is 2.42 bits per heavy atom. The molecule has 1 aromatic carbocycles. The first-order chi connectivity index (χ1) is 8.75. The first-order valence-corrected chi connectivity index (χ1v) is 5.77. The molecule has 0 fully saturated rings. The largest absolute Gasteiger partial charge is 0.507 e. The zero-order valence-corrected chi connectivity index (χ0v) is 11.2. The van der Waals surface area contributed by atoms with Gasteiger partial charge in [0, 0.05) is 14.1 Å². The fourth-order valence-corrected chi connectivity index (χ4v) is 1.78. The summed E-state index contributed by atoms with van der Waals surface area (Å²) in [6.07, 6.45) is 0.106. The number of hydrogen-bond acceptors (Lipinski definition) is 4. The van der Waals surface area contributed by atoms with Gasteiger partial charge in [0.2, 0.25) is 0 Å². The molecule has 6 heteroatoms. The van der Waals surface area contributed by atoms with Crippen molar-refractivity contribution in [3.63, 3.8) is 0 Å². The number of carbonyl (C=O) groups is 2. The van der Waals surface area contributed by atoms with Crippen molar-refractivity contribution >= 4 is 11.9 Å². The number of phenolic OH excluding ortho intramolecular Hbond substituents is 1. The second-order valence-electron chi connectivity index (χ2n) is 4.59. The number of carbonyl (C=O) groups excluding carboxylic acids is 1. The maximum absolute atomic E-state index is 12.0. The Kier molecular flexibility index (Phi) is 4.50. The molecule has 104 valence electrons. The predicted octanol–water partition coefficient (Wildman–Crippen LogP) is 0.357. The van der Waals surface area contributed by atoms with Crippen LogP contribution in [0.3, 0.4) is 0 Å². The number of aromatic hydroxyl groups is 1. The highest BCUT2D eigenvalue weighted by atomic mass is 16.4. The van der Waals surface area contributed by atoms with E-state index in [0.29, 0.717) is 11.1 Å². The number of carboxylic acids is 1. The van der Waals surface area contributed by atoms with E-state index in [0.717, 1.165) is 0 Å². The molecule has 0 aliphatic carbocycles. The van der Waals surface area contributed by atoms with Gasteiger partial charge in [-0.25, -0.2) is 0 Å². The molecule has 19 heavy (non-hydrogen) atoms. The van der Waals surface area contributed by atoms with Crippen molar-refractivity contribution in [1.82, 2.24) is 4.90 Å². The normalized spacial score (nSPS) is 12.0. The Morgan fingerprint density at radius 1 is 1.37 bits per heavy atom. The molecule has 1 aromatic rings. The van der Waals surface area contributed by atoms with Crippen LogP contribution in [0.25, 0.3) is 0 Å². The molecule has 0 saturated heterocycles. The fraction of sp³-hybridized carbons (Fsp3) is 0.385. The van der Waals surface area contributed by atoms with Gasteiger partial charge >= 0.3 is 5.97 Å². The number of benzene rings is 1. The predicted molar refractivity (Wildman–Crippen MR) is 70.2 cm³/mol. The van der Waals surface area contributed by atoms with Crippen molar-refractivity contribution in [1.29, 1.82) is 0 Å². The maximum Gasteiger partial charge on any atom is 0.320 e. The molecule has 0 spiro atoms. The number of amides is 1. The summed E-state index contributed by atoms with van der Waals surface area (Å²) in [6.45, 7) is 1.67. The molecule has 0 saturated carbocycles. The van der Waals surface area contributed by atoms with E-state index in [-0.39, 0.29) is 23.6 Å². The Labute approximate surface area is 111 Å². The number of phenols is 1. The van der Waals surface area contributed by atoms with Gasteiger partial charge in [0.05, 0.1) is 5.56 Å². The van der Waals surface area contributed by atoms with E-state index >= 15 is 0 Å². The van der Waals surface area contributed by atoms with Crippen LogP contribution in [-0.2, 0) is 11.2 Å². The highest BCUT2D eigenvalue weighted by Gasteiger charge is 2.20. The standard InChI is InChI=1S/C13H18N2O4/c1-7-8(6-9(14)13(18)19)4-5-10(16)11(7)12(17)15(2)3/h4-5,9,16H,6,14H2,1-3H3,(H,18,19). The number of nitrogens with two attached hydrogens (primary N) is 1. The lowest BCUT2D eigenvalue weighted by Crippen LogP contribution is -2.32. The summed E-state index contributed by atoms with van der Waals surface area (Å²) < 4.78 is 0. The molecule has 6 nitrogen and oxygen atoms in total. The van der Waals surface area contributed by atoms with Gasteiger partial charge in [0.15, 0.2) is 0 Å². The van der Waals surface area contributed by atoms with E-state index in [1.807, 2.05) is 0 Å².